The maximum atomic E-state index is 5.49. The molecule has 0 radical (unpaired) electrons. The molecule has 1 heterocycles. The Morgan fingerprint density at radius 3 is 2.65 bits per heavy atom. The minimum Gasteiger partial charge on any atom is -0.382 e. The second-order valence-electron chi connectivity index (χ2n) is 3.85. The predicted octanol–water partition coefficient (Wildman–Crippen LogP) is 2.80. The maximum Gasteiger partial charge on any atom is 0.141 e. The average molecular weight is 245 g/mol. The largest absolute Gasteiger partial charge is 0.382 e. The van der Waals surface area contributed by atoms with Crippen molar-refractivity contribution >= 4 is 17.6 Å². The standard InChI is InChI=1S/C13H15N3S/c1-10-4-2-3-5-11(10)8-17-9-12-6-16-13(14)7-15-12/h2-7H,8-9H2,1H3,(H2,14,16). The zero-order chi connectivity index (χ0) is 12.1. The zero-order valence-corrected chi connectivity index (χ0v) is 10.6. The molecule has 0 saturated carbocycles. The summed E-state index contributed by atoms with van der Waals surface area (Å²) in [5, 5.41) is 0. The summed E-state index contributed by atoms with van der Waals surface area (Å²) in [5.74, 6) is 2.33. The highest BCUT2D eigenvalue weighted by atomic mass is 32.2. The van der Waals surface area contributed by atoms with Gasteiger partial charge in [-0.2, -0.15) is 11.8 Å². The van der Waals surface area contributed by atoms with E-state index in [-0.39, 0.29) is 0 Å². The molecular weight excluding hydrogens is 230 g/mol. The van der Waals surface area contributed by atoms with Crippen LogP contribution >= 0.6 is 11.8 Å². The van der Waals surface area contributed by atoms with Crippen LogP contribution < -0.4 is 5.73 Å². The number of anilines is 1. The second-order valence-corrected chi connectivity index (χ2v) is 4.84. The van der Waals surface area contributed by atoms with Crippen molar-refractivity contribution in [1.29, 1.82) is 0 Å². The van der Waals surface area contributed by atoms with Crippen LogP contribution in [0.5, 0.6) is 0 Å². The number of aryl methyl sites for hydroxylation is 1. The van der Waals surface area contributed by atoms with Crippen LogP contribution in [0.1, 0.15) is 16.8 Å². The summed E-state index contributed by atoms with van der Waals surface area (Å²) in [4.78, 5) is 8.25. The lowest BCUT2D eigenvalue weighted by Crippen LogP contribution is -1.94. The van der Waals surface area contributed by atoms with Crippen molar-refractivity contribution < 1.29 is 0 Å². The van der Waals surface area contributed by atoms with Crippen molar-refractivity contribution in [3.8, 4) is 0 Å². The summed E-state index contributed by atoms with van der Waals surface area (Å²) in [7, 11) is 0. The quantitative estimate of drug-likeness (QED) is 0.900. The fraction of sp³-hybridized carbons (Fsp3) is 0.231. The molecule has 88 valence electrons. The van der Waals surface area contributed by atoms with Gasteiger partial charge in [0, 0.05) is 11.5 Å². The van der Waals surface area contributed by atoms with Crippen LogP contribution in [-0.4, -0.2) is 9.97 Å². The van der Waals surface area contributed by atoms with Crippen LogP contribution in [-0.2, 0) is 11.5 Å². The number of benzene rings is 1. The molecule has 1 aromatic heterocycles. The molecule has 2 rings (SSSR count). The molecule has 0 saturated heterocycles. The van der Waals surface area contributed by atoms with Crippen molar-refractivity contribution in [2.24, 2.45) is 0 Å². The lowest BCUT2D eigenvalue weighted by molar-refractivity contribution is 1.11. The molecule has 0 unspecified atom stereocenters. The lowest BCUT2D eigenvalue weighted by atomic mass is 10.1. The lowest BCUT2D eigenvalue weighted by Gasteiger charge is -2.04. The third-order valence-corrected chi connectivity index (χ3v) is 3.51. The summed E-state index contributed by atoms with van der Waals surface area (Å²) in [6, 6.07) is 8.44. The van der Waals surface area contributed by atoms with Gasteiger partial charge in [-0.1, -0.05) is 24.3 Å². The zero-order valence-electron chi connectivity index (χ0n) is 9.76. The predicted molar refractivity (Wildman–Crippen MR) is 72.6 cm³/mol. The van der Waals surface area contributed by atoms with Crippen LogP contribution in [0, 0.1) is 6.92 Å². The van der Waals surface area contributed by atoms with Gasteiger partial charge < -0.3 is 5.73 Å². The van der Waals surface area contributed by atoms with Gasteiger partial charge in [-0.3, -0.25) is 4.98 Å². The Morgan fingerprint density at radius 1 is 1.12 bits per heavy atom. The molecule has 1 aromatic carbocycles. The van der Waals surface area contributed by atoms with E-state index in [4.69, 9.17) is 5.73 Å². The van der Waals surface area contributed by atoms with Crippen LogP contribution in [0.25, 0.3) is 0 Å². The van der Waals surface area contributed by atoms with Gasteiger partial charge in [0.1, 0.15) is 5.82 Å². The van der Waals surface area contributed by atoms with E-state index in [0.29, 0.717) is 5.82 Å². The third-order valence-electron chi connectivity index (χ3n) is 2.49. The molecule has 0 amide bonds. The van der Waals surface area contributed by atoms with E-state index in [2.05, 4.69) is 41.2 Å². The summed E-state index contributed by atoms with van der Waals surface area (Å²) in [5.41, 5.74) is 9.17. The van der Waals surface area contributed by atoms with Crippen LogP contribution in [0.3, 0.4) is 0 Å². The monoisotopic (exact) mass is 245 g/mol. The van der Waals surface area contributed by atoms with Gasteiger partial charge in [0.2, 0.25) is 0 Å². The Morgan fingerprint density at radius 2 is 1.94 bits per heavy atom. The number of hydrogen-bond donors (Lipinski definition) is 1. The highest BCUT2D eigenvalue weighted by Crippen LogP contribution is 2.18. The molecule has 0 aliphatic heterocycles. The molecule has 2 aromatic rings. The van der Waals surface area contributed by atoms with Crippen molar-refractivity contribution in [2.75, 3.05) is 5.73 Å². The molecule has 0 bridgehead atoms. The molecule has 0 aliphatic carbocycles. The summed E-state index contributed by atoms with van der Waals surface area (Å²) in [6.45, 7) is 2.14. The van der Waals surface area contributed by atoms with E-state index in [1.807, 2.05) is 11.8 Å². The fourth-order valence-electron chi connectivity index (χ4n) is 1.48. The van der Waals surface area contributed by atoms with Crippen molar-refractivity contribution in [3.05, 3.63) is 53.5 Å². The molecular formula is C13H15N3S. The van der Waals surface area contributed by atoms with Crippen LogP contribution in [0.15, 0.2) is 36.7 Å². The topological polar surface area (TPSA) is 51.8 Å². The number of nitrogens with two attached hydrogens (primary N) is 1. The first-order chi connectivity index (χ1) is 8.25. The Bertz CT molecular complexity index is 482. The highest BCUT2D eigenvalue weighted by Gasteiger charge is 1.99. The first-order valence-corrected chi connectivity index (χ1v) is 6.60. The Labute approximate surface area is 105 Å². The SMILES string of the molecule is Cc1ccccc1CSCc1cnc(N)cn1. The Balaban J connectivity index is 1.88. The Kier molecular flexibility index (Phi) is 3.98. The van der Waals surface area contributed by atoms with E-state index in [9.17, 15) is 0 Å². The normalized spacial score (nSPS) is 10.4. The first-order valence-electron chi connectivity index (χ1n) is 5.44. The van der Waals surface area contributed by atoms with Gasteiger partial charge in [-0.05, 0) is 18.1 Å². The fourth-order valence-corrected chi connectivity index (χ4v) is 2.48. The van der Waals surface area contributed by atoms with E-state index in [1.54, 1.807) is 12.4 Å². The molecule has 17 heavy (non-hydrogen) atoms. The molecule has 3 nitrogen and oxygen atoms in total. The number of hydrogen-bond acceptors (Lipinski definition) is 4. The van der Waals surface area contributed by atoms with Crippen LogP contribution in [0.2, 0.25) is 0 Å². The van der Waals surface area contributed by atoms with Crippen LogP contribution in [0.4, 0.5) is 5.82 Å². The molecule has 0 spiro atoms. The molecule has 0 fully saturated rings. The number of nitrogen functional groups attached to an aromatic ring is 1. The van der Waals surface area contributed by atoms with Gasteiger partial charge in [0.25, 0.3) is 0 Å². The Hall–Kier alpha value is -1.55. The minimum atomic E-state index is 0.470. The van der Waals surface area contributed by atoms with Gasteiger partial charge >= 0.3 is 0 Å². The van der Waals surface area contributed by atoms with E-state index < -0.39 is 0 Å². The summed E-state index contributed by atoms with van der Waals surface area (Å²) < 4.78 is 0. The number of aromatic nitrogens is 2. The molecule has 2 N–H and O–H groups in total. The second kappa shape index (κ2) is 5.68. The minimum absolute atomic E-state index is 0.470. The van der Waals surface area contributed by atoms with E-state index >= 15 is 0 Å². The van der Waals surface area contributed by atoms with Crippen molar-refractivity contribution in [2.45, 2.75) is 18.4 Å². The molecule has 4 heteroatoms. The summed E-state index contributed by atoms with van der Waals surface area (Å²) >= 11 is 1.84. The van der Waals surface area contributed by atoms with Gasteiger partial charge in [-0.15, -0.1) is 0 Å². The van der Waals surface area contributed by atoms with Crippen molar-refractivity contribution in [3.63, 3.8) is 0 Å². The van der Waals surface area contributed by atoms with Gasteiger partial charge in [0.15, 0.2) is 0 Å². The summed E-state index contributed by atoms with van der Waals surface area (Å²) in [6.07, 6.45) is 3.34. The average Bonchev–Trinajstić information content (AvgIpc) is 2.34. The third kappa shape index (κ3) is 3.46. The number of nitrogens with zero attached hydrogens (tertiary/aromatic N) is 2. The van der Waals surface area contributed by atoms with Gasteiger partial charge in [-0.25, -0.2) is 4.98 Å². The highest BCUT2D eigenvalue weighted by molar-refractivity contribution is 7.97. The number of thioether (sulfide) groups is 1. The maximum absolute atomic E-state index is 5.49. The van der Waals surface area contributed by atoms with E-state index in [1.165, 1.54) is 11.1 Å². The molecule has 0 atom stereocenters. The number of rotatable bonds is 4. The smallest absolute Gasteiger partial charge is 0.141 e. The van der Waals surface area contributed by atoms with E-state index in [0.717, 1.165) is 17.2 Å². The van der Waals surface area contributed by atoms with Crippen molar-refractivity contribution in [1.82, 2.24) is 9.97 Å². The van der Waals surface area contributed by atoms with Gasteiger partial charge in [0.05, 0.1) is 18.1 Å². The first kappa shape index (κ1) is 11.9. The molecule has 0 aliphatic rings.